The lowest BCUT2D eigenvalue weighted by molar-refractivity contribution is -0.118. The monoisotopic (exact) mass is 309 g/mol. The van der Waals surface area contributed by atoms with Crippen molar-refractivity contribution in [2.24, 2.45) is 11.7 Å². The maximum absolute atomic E-state index is 12.3. The van der Waals surface area contributed by atoms with Gasteiger partial charge in [-0.2, -0.15) is 0 Å². The van der Waals surface area contributed by atoms with Gasteiger partial charge in [0, 0.05) is 23.9 Å². The van der Waals surface area contributed by atoms with Crippen LogP contribution in [0.1, 0.15) is 20.3 Å². The summed E-state index contributed by atoms with van der Waals surface area (Å²) in [5, 5.41) is 5.19. The zero-order valence-corrected chi connectivity index (χ0v) is 13.3. The van der Waals surface area contributed by atoms with Crippen molar-refractivity contribution in [3.8, 4) is 11.5 Å². The minimum atomic E-state index is -0.732. The zero-order chi connectivity index (χ0) is 16.7. The maximum Gasteiger partial charge on any atom is 0.312 e. The molecule has 0 fully saturated rings. The van der Waals surface area contributed by atoms with Gasteiger partial charge < -0.3 is 25.8 Å². The van der Waals surface area contributed by atoms with E-state index >= 15 is 0 Å². The van der Waals surface area contributed by atoms with Crippen molar-refractivity contribution in [2.45, 2.75) is 26.3 Å². The lowest BCUT2D eigenvalue weighted by atomic mass is 10.0. The van der Waals surface area contributed by atoms with Crippen molar-refractivity contribution in [3.63, 3.8) is 0 Å². The highest BCUT2D eigenvalue weighted by atomic mass is 16.5. The Kier molecular flexibility index (Phi) is 6.49. The van der Waals surface area contributed by atoms with Crippen LogP contribution in [-0.2, 0) is 4.79 Å². The number of anilines is 1. The Hall–Kier alpha value is -2.44. The van der Waals surface area contributed by atoms with Crippen molar-refractivity contribution in [1.82, 2.24) is 5.32 Å². The Labute approximate surface area is 130 Å². The second-order valence-electron chi connectivity index (χ2n) is 5.28. The molecule has 7 heteroatoms. The number of primary amides is 1. The van der Waals surface area contributed by atoms with E-state index in [1.54, 1.807) is 18.2 Å². The van der Waals surface area contributed by atoms with Gasteiger partial charge in [-0.25, -0.2) is 4.79 Å². The number of carbonyl (C=O) groups excluding carboxylic acids is 2. The largest absolute Gasteiger partial charge is 0.497 e. The van der Waals surface area contributed by atoms with Crippen LogP contribution < -0.4 is 25.8 Å². The summed E-state index contributed by atoms with van der Waals surface area (Å²) in [6.07, 6.45) is 0.482. The van der Waals surface area contributed by atoms with E-state index in [4.69, 9.17) is 15.2 Å². The van der Waals surface area contributed by atoms with E-state index in [1.807, 2.05) is 13.8 Å². The number of amides is 3. The molecule has 122 valence electrons. The highest BCUT2D eigenvalue weighted by molar-refractivity contribution is 5.97. The minimum Gasteiger partial charge on any atom is -0.497 e. The van der Waals surface area contributed by atoms with Gasteiger partial charge in [-0.3, -0.25) is 4.79 Å². The van der Waals surface area contributed by atoms with Crippen LogP contribution in [-0.4, -0.2) is 32.2 Å². The Bertz CT molecular complexity index is 509. The summed E-state index contributed by atoms with van der Waals surface area (Å²) in [6, 6.07) is 3.59. The summed E-state index contributed by atoms with van der Waals surface area (Å²) in [7, 11) is 3.05. The number of hydrogen-bond donors (Lipinski definition) is 3. The average Bonchev–Trinajstić information content (AvgIpc) is 2.45. The first-order valence-corrected chi connectivity index (χ1v) is 6.95. The molecule has 0 aliphatic heterocycles. The van der Waals surface area contributed by atoms with Crippen LogP contribution in [0.3, 0.4) is 0 Å². The Morgan fingerprint density at radius 2 is 1.68 bits per heavy atom. The molecule has 22 heavy (non-hydrogen) atoms. The third-order valence-corrected chi connectivity index (χ3v) is 2.96. The topological polar surface area (TPSA) is 103 Å². The van der Waals surface area contributed by atoms with Crippen molar-refractivity contribution in [2.75, 3.05) is 19.5 Å². The molecular weight excluding hydrogens is 286 g/mol. The van der Waals surface area contributed by atoms with Crippen LogP contribution >= 0.6 is 0 Å². The number of methoxy groups -OCH3 is 2. The van der Waals surface area contributed by atoms with Gasteiger partial charge >= 0.3 is 6.03 Å². The molecule has 0 heterocycles. The summed E-state index contributed by atoms with van der Waals surface area (Å²) < 4.78 is 10.3. The van der Waals surface area contributed by atoms with Crippen LogP contribution in [0.5, 0.6) is 11.5 Å². The van der Waals surface area contributed by atoms with Crippen molar-refractivity contribution >= 4 is 17.6 Å². The van der Waals surface area contributed by atoms with E-state index in [0.717, 1.165) is 0 Å². The zero-order valence-electron chi connectivity index (χ0n) is 13.3. The van der Waals surface area contributed by atoms with E-state index in [1.165, 1.54) is 14.2 Å². The van der Waals surface area contributed by atoms with E-state index in [9.17, 15) is 9.59 Å². The summed E-state index contributed by atoms with van der Waals surface area (Å²) in [6.45, 7) is 3.91. The third kappa shape index (κ3) is 5.51. The predicted octanol–water partition coefficient (Wildman–Crippen LogP) is 1.73. The Morgan fingerprint density at radius 1 is 1.14 bits per heavy atom. The molecule has 0 aliphatic carbocycles. The van der Waals surface area contributed by atoms with Gasteiger partial charge in [-0.1, -0.05) is 13.8 Å². The van der Waals surface area contributed by atoms with Crippen LogP contribution in [0.15, 0.2) is 18.2 Å². The Morgan fingerprint density at radius 3 is 2.09 bits per heavy atom. The maximum atomic E-state index is 12.3. The molecule has 0 spiro atoms. The highest BCUT2D eigenvalue weighted by Crippen LogP contribution is 2.26. The summed E-state index contributed by atoms with van der Waals surface area (Å²) in [5.41, 5.74) is 5.64. The molecule has 1 atom stereocenters. The van der Waals surface area contributed by atoms with Gasteiger partial charge in [0.2, 0.25) is 5.91 Å². The number of nitrogens with two attached hydrogens (primary N) is 1. The molecule has 1 rings (SSSR count). The molecule has 0 bridgehead atoms. The van der Waals surface area contributed by atoms with E-state index in [0.29, 0.717) is 23.6 Å². The average molecular weight is 309 g/mol. The predicted molar refractivity (Wildman–Crippen MR) is 84.1 cm³/mol. The van der Waals surface area contributed by atoms with Crippen LogP contribution in [0.25, 0.3) is 0 Å². The second kappa shape index (κ2) is 8.11. The van der Waals surface area contributed by atoms with Gasteiger partial charge in [0.25, 0.3) is 0 Å². The van der Waals surface area contributed by atoms with Crippen LogP contribution in [0.4, 0.5) is 10.5 Å². The number of nitrogens with one attached hydrogen (secondary N) is 2. The molecule has 3 amide bonds. The standard InChI is InChI=1S/C15H23N3O4/c1-9(2)5-13(18-15(16)20)14(19)17-10-6-11(21-3)8-12(7-10)22-4/h6-9,13H,5H2,1-4H3,(H,17,19)(H3,16,18,20)/t13-/m1/s1. The molecular formula is C15H23N3O4. The first-order valence-electron chi connectivity index (χ1n) is 6.95. The van der Waals surface area contributed by atoms with Gasteiger partial charge in [-0.15, -0.1) is 0 Å². The summed E-state index contributed by atoms with van der Waals surface area (Å²) in [5.74, 6) is 0.987. The lowest BCUT2D eigenvalue weighted by Crippen LogP contribution is -2.46. The first kappa shape index (κ1) is 17.6. The fourth-order valence-electron chi connectivity index (χ4n) is 1.98. The summed E-state index contributed by atoms with van der Waals surface area (Å²) >= 11 is 0. The third-order valence-electron chi connectivity index (χ3n) is 2.96. The number of hydrogen-bond acceptors (Lipinski definition) is 4. The lowest BCUT2D eigenvalue weighted by Gasteiger charge is -2.19. The molecule has 0 saturated carbocycles. The van der Waals surface area contributed by atoms with Crippen LogP contribution in [0.2, 0.25) is 0 Å². The van der Waals surface area contributed by atoms with E-state index < -0.39 is 12.1 Å². The quantitative estimate of drug-likeness (QED) is 0.713. The molecule has 0 radical (unpaired) electrons. The number of benzene rings is 1. The summed E-state index contributed by atoms with van der Waals surface area (Å²) in [4.78, 5) is 23.4. The molecule has 1 aromatic carbocycles. The normalized spacial score (nSPS) is 11.7. The highest BCUT2D eigenvalue weighted by Gasteiger charge is 2.21. The molecule has 0 aromatic heterocycles. The molecule has 4 N–H and O–H groups in total. The molecule has 0 saturated heterocycles. The molecule has 0 aliphatic rings. The minimum absolute atomic E-state index is 0.224. The van der Waals surface area contributed by atoms with E-state index in [2.05, 4.69) is 10.6 Å². The number of rotatable bonds is 7. The van der Waals surface area contributed by atoms with Crippen molar-refractivity contribution in [1.29, 1.82) is 0 Å². The van der Waals surface area contributed by atoms with Crippen molar-refractivity contribution < 1.29 is 19.1 Å². The van der Waals surface area contributed by atoms with Gasteiger partial charge in [-0.05, 0) is 12.3 Å². The van der Waals surface area contributed by atoms with Gasteiger partial charge in [0.05, 0.1) is 14.2 Å². The Balaban J connectivity index is 2.90. The molecule has 1 aromatic rings. The fourth-order valence-corrected chi connectivity index (χ4v) is 1.98. The second-order valence-corrected chi connectivity index (χ2v) is 5.28. The smallest absolute Gasteiger partial charge is 0.312 e. The number of urea groups is 1. The SMILES string of the molecule is COc1cc(NC(=O)[C@@H](CC(C)C)NC(N)=O)cc(OC)c1. The van der Waals surface area contributed by atoms with E-state index in [-0.39, 0.29) is 11.8 Å². The van der Waals surface area contributed by atoms with Crippen molar-refractivity contribution in [3.05, 3.63) is 18.2 Å². The fraction of sp³-hybridized carbons (Fsp3) is 0.467. The first-order chi connectivity index (χ1) is 10.3. The van der Waals surface area contributed by atoms with Gasteiger partial charge in [0.1, 0.15) is 17.5 Å². The molecule has 7 nitrogen and oxygen atoms in total. The van der Waals surface area contributed by atoms with Crippen LogP contribution in [0, 0.1) is 5.92 Å². The van der Waals surface area contributed by atoms with Gasteiger partial charge in [0.15, 0.2) is 0 Å². The number of carbonyl (C=O) groups is 2. The molecule has 0 unspecified atom stereocenters. The number of ether oxygens (including phenoxy) is 2.